The summed E-state index contributed by atoms with van der Waals surface area (Å²) >= 11 is 3.65. The molecule has 1 atom stereocenters. The minimum atomic E-state index is -0.530. The number of hydrogen-bond acceptors (Lipinski definition) is 6. The van der Waals surface area contributed by atoms with Crippen LogP contribution in [0.5, 0.6) is 11.5 Å². The Hall–Kier alpha value is -2.28. The molecule has 1 unspecified atom stereocenters. The highest BCUT2D eigenvalue weighted by molar-refractivity contribution is 9.10. The number of allylic oxidation sites excluding steroid dienone is 3. The molecule has 2 heterocycles. The first-order valence-electron chi connectivity index (χ1n) is 11.2. The molecule has 7 heteroatoms. The van der Waals surface area contributed by atoms with Gasteiger partial charge in [0.25, 0.3) is 0 Å². The molecule has 2 aliphatic heterocycles. The summed E-state index contributed by atoms with van der Waals surface area (Å²) in [6.07, 6.45) is 4.05. The Morgan fingerprint density at radius 2 is 1.94 bits per heavy atom. The van der Waals surface area contributed by atoms with Gasteiger partial charge in [-0.25, -0.2) is 4.79 Å². The van der Waals surface area contributed by atoms with Gasteiger partial charge in [0.15, 0.2) is 17.3 Å². The highest BCUT2D eigenvalue weighted by Gasteiger charge is 2.44. The van der Waals surface area contributed by atoms with Gasteiger partial charge in [0, 0.05) is 33.8 Å². The number of nitrogens with one attached hydrogen (secondary N) is 1. The van der Waals surface area contributed by atoms with Crippen LogP contribution in [-0.4, -0.2) is 25.2 Å². The number of ether oxygens (including phenoxy) is 3. The fourth-order valence-corrected chi connectivity index (χ4v) is 5.32. The van der Waals surface area contributed by atoms with Crippen LogP contribution >= 0.6 is 15.9 Å². The molecule has 1 aromatic carbocycles. The first-order chi connectivity index (χ1) is 15.2. The van der Waals surface area contributed by atoms with Crippen molar-refractivity contribution in [2.45, 2.75) is 65.7 Å². The molecule has 0 aromatic heterocycles. The SMILES string of the molecule is CCCCCOC(=O)C1=C(C)NC2=C(C(=O)CC(C)(C)C2)C1c1cc2c(cc1Br)OCO2. The van der Waals surface area contributed by atoms with Crippen LogP contribution in [0.25, 0.3) is 0 Å². The van der Waals surface area contributed by atoms with E-state index in [9.17, 15) is 9.59 Å². The van der Waals surface area contributed by atoms with Crippen LogP contribution in [0.1, 0.15) is 71.3 Å². The van der Waals surface area contributed by atoms with Crippen LogP contribution in [0.3, 0.4) is 0 Å². The van der Waals surface area contributed by atoms with Crippen molar-refractivity contribution in [2.75, 3.05) is 13.4 Å². The number of dihydropyridines is 1. The lowest BCUT2D eigenvalue weighted by Crippen LogP contribution is -2.38. The standard InChI is InChI=1S/C25H30BrNO5/c1-5-6-7-8-30-24(29)21-14(2)27-17-11-25(3,4)12-18(28)23(17)22(21)15-9-19-20(10-16(15)26)32-13-31-19/h9-10,22,27H,5-8,11-13H2,1-4H3. The zero-order valence-corrected chi connectivity index (χ0v) is 20.7. The Balaban J connectivity index is 1.79. The number of fused-ring (bicyclic) bond motifs is 1. The van der Waals surface area contributed by atoms with E-state index in [-0.39, 0.29) is 24.0 Å². The summed E-state index contributed by atoms with van der Waals surface area (Å²) in [6, 6.07) is 3.72. The van der Waals surface area contributed by atoms with Gasteiger partial charge in [0.1, 0.15) is 0 Å². The number of unbranched alkanes of at least 4 members (excludes halogenated alkanes) is 2. The third-order valence-corrected chi connectivity index (χ3v) is 6.93. The first-order valence-corrected chi connectivity index (χ1v) is 12.0. The van der Waals surface area contributed by atoms with E-state index in [4.69, 9.17) is 14.2 Å². The van der Waals surface area contributed by atoms with Gasteiger partial charge in [-0.15, -0.1) is 0 Å². The van der Waals surface area contributed by atoms with E-state index in [0.29, 0.717) is 35.7 Å². The number of carbonyl (C=O) groups excluding carboxylic acids is 2. The maximum absolute atomic E-state index is 13.4. The molecule has 1 aliphatic carbocycles. The normalized spacial score (nSPS) is 21.4. The minimum absolute atomic E-state index is 0.0575. The second kappa shape index (κ2) is 8.93. The summed E-state index contributed by atoms with van der Waals surface area (Å²) in [5, 5.41) is 3.37. The molecule has 0 amide bonds. The number of hydrogen-bond donors (Lipinski definition) is 1. The van der Waals surface area contributed by atoms with Gasteiger partial charge in [-0.1, -0.05) is 49.5 Å². The van der Waals surface area contributed by atoms with E-state index < -0.39 is 5.92 Å². The first kappa shape index (κ1) is 22.9. The third-order valence-electron chi connectivity index (χ3n) is 6.24. The van der Waals surface area contributed by atoms with Crippen molar-refractivity contribution in [2.24, 2.45) is 5.41 Å². The van der Waals surface area contributed by atoms with Crippen molar-refractivity contribution in [3.05, 3.63) is 44.7 Å². The number of ketones is 1. The summed E-state index contributed by atoms with van der Waals surface area (Å²) in [7, 11) is 0. The van der Waals surface area contributed by atoms with Gasteiger partial charge < -0.3 is 19.5 Å². The molecule has 1 N–H and O–H groups in total. The van der Waals surface area contributed by atoms with E-state index in [1.54, 1.807) is 0 Å². The number of Topliss-reactive ketones (excluding diaryl/α,β-unsaturated/α-hetero) is 1. The van der Waals surface area contributed by atoms with Gasteiger partial charge in [-0.3, -0.25) is 4.79 Å². The zero-order valence-electron chi connectivity index (χ0n) is 19.1. The van der Waals surface area contributed by atoms with E-state index in [0.717, 1.165) is 47.1 Å². The van der Waals surface area contributed by atoms with E-state index in [2.05, 4.69) is 42.0 Å². The van der Waals surface area contributed by atoms with Crippen LogP contribution < -0.4 is 14.8 Å². The second-order valence-corrected chi connectivity index (χ2v) is 10.4. The predicted octanol–water partition coefficient (Wildman–Crippen LogP) is 5.52. The maximum atomic E-state index is 13.4. The zero-order chi connectivity index (χ0) is 23.0. The number of esters is 1. The third kappa shape index (κ3) is 4.32. The lowest BCUT2D eigenvalue weighted by molar-refractivity contribution is -0.139. The topological polar surface area (TPSA) is 73.9 Å². The largest absolute Gasteiger partial charge is 0.462 e. The molecule has 3 aliphatic rings. The molecule has 0 spiro atoms. The number of carbonyl (C=O) groups is 2. The smallest absolute Gasteiger partial charge is 0.336 e. The number of rotatable bonds is 6. The predicted molar refractivity (Wildman–Crippen MR) is 124 cm³/mol. The minimum Gasteiger partial charge on any atom is -0.462 e. The van der Waals surface area contributed by atoms with Gasteiger partial charge in [0.05, 0.1) is 12.2 Å². The maximum Gasteiger partial charge on any atom is 0.336 e. The summed E-state index contributed by atoms with van der Waals surface area (Å²) < 4.78 is 17.5. The Bertz CT molecular complexity index is 1020. The molecule has 0 saturated carbocycles. The second-order valence-electron chi connectivity index (χ2n) is 9.50. The molecular formula is C25H30BrNO5. The van der Waals surface area contributed by atoms with Crippen molar-refractivity contribution in [3.63, 3.8) is 0 Å². The molecule has 0 bridgehead atoms. The van der Waals surface area contributed by atoms with Crippen molar-refractivity contribution in [3.8, 4) is 11.5 Å². The monoisotopic (exact) mass is 503 g/mol. The summed E-state index contributed by atoms with van der Waals surface area (Å²) in [4.78, 5) is 26.7. The van der Waals surface area contributed by atoms with E-state index in [1.807, 2.05) is 19.1 Å². The lowest BCUT2D eigenvalue weighted by Gasteiger charge is -2.39. The Kier molecular flexibility index (Phi) is 6.39. The summed E-state index contributed by atoms with van der Waals surface area (Å²) in [5.74, 6) is 0.398. The molecule has 32 heavy (non-hydrogen) atoms. The van der Waals surface area contributed by atoms with Gasteiger partial charge in [0.2, 0.25) is 6.79 Å². The van der Waals surface area contributed by atoms with E-state index >= 15 is 0 Å². The Labute approximate surface area is 197 Å². The van der Waals surface area contributed by atoms with Gasteiger partial charge in [-0.2, -0.15) is 0 Å². The number of halogens is 1. The molecule has 172 valence electrons. The highest BCUT2D eigenvalue weighted by Crippen LogP contribution is 2.50. The lowest BCUT2D eigenvalue weighted by atomic mass is 9.68. The van der Waals surface area contributed by atoms with Gasteiger partial charge >= 0.3 is 5.97 Å². The van der Waals surface area contributed by atoms with Crippen LogP contribution in [0.15, 0.2) is 39.1 Å². The number of benzene rings is 1. The van der Waals surface area contributed by atoms with Crippen LogP contribution in [0.4, 0.5) is 0 Å². The van der Waals surface area contributed by atoms with Crippen molar-refractivity contribution in [1.29, 1.82) is 0 Å². The highest BCUT2D eigenvalue weighted by atomic mass is 79.9. The fraction of sp³-hybridized carbons (Fsp3) is 0.520. The average molecular weight is 504 g/mol. The Morgan fingerprint density at radius 1 is 1.22 bits per heavy atom. The van der Waals surface area contributed by atoms with E-state index in [1.165, 1.54) is 0 Å². The summed E-state index contributed by atoms with van der Waals surface area (Å²) in [5.41, 5.74) is 3.40. The Morgan fingerprint density at radius 3 is 2.66 bits per heavy atom. The molecule has 6 nitrogen and oxygen atoms in total. The van der Waals surface area contributed by atoms with Crippen molar-refractivity contribution < 1.29 is 23.8 Å². The molecule has 0 radical (unpaired) electrons. The molecular weight excluding hydrogens is 474 g/mol. The quantitative estimate of drug-likeness (QED) is 0.407. The molecule has 4 rings (SSSR count). The molecule has 1 aromatic rings. The molecule has 0 fully saturated rings. The van der Waals surface area contributed by atoms with Crippen molar-refractivity contribution >= 4 is 27.7 Å². The van der Waals surface area contributed by atoms with Crippen LogP contribution in [-0.2, 0) is 14.3 Å². The average Bonchev–Trinajstić information content (AvgIpc) is 3.15. The van der Waals surface area contributed by atoms with Crippen LogP contribution in [0.2, 0.25) is 0 Å². The fourth-order valence-electron chi connectivity index (χ4n) is 4.77. The summed E-state index contributed by atoms with van der Waals surface area (Å²) in [6.45, 7) is 8.70. The van der Waals surface area contributed by atoms with Gasteiger partial charge in [-0.05, 0) is 42.9 Å². The molecule has 0 saturated heterocycles. The van der Waals surface area contributed by atoms with Crippen molar-refractivity contribution in [1.82, 2.24) is 5.32 Å². The van der Waals surface area contributed by atoms with Crippen LogP contribution in [0, 0.1) is 5.41 Å².